The molecule has 0 aliphatic heterocycles. The van der Waals surface area contributed by atoms with E-state index in [0.29, 0.717) is 26.4 Å². The maximum atomic E-state index is 12.1. The van der Waals surface area contributed by atoms with Gasteiger partial charge in [-0.2, -0.15) is 0 Å². The van der Waals surface area contributed by atoms with Gasteiger partial charge < -0.3 is 9.40 Å². The molecule has 3 aromatic rings. The van der Waals surface area contributed by atoms with Gasteiger partial charge in [0.15, 0.2) is 16.3 Å². The van der Waals surface area contributed by atoms with Gasteiger partial charge in [0.1, 0.15) is 4.47 Å². The van der Waals surface area contributed by atoms with E-state index in [2.05, 4.69) is 57.8 Å². The summed E-state index contributed by atoms with van der Waals surface area (Å²) in [6.07, 6.45) is 0. The van der Waals surface area contributed by atoms with E-state index in [1.54, 1.807) is 6.07 Å². The fourth-order valence-corrected chi connectivity index (χ4v) is 2.82. The minimum atomic E-state index is -0.262. The van der Waals surface area contributed by atoms with Crippen LogP contribution in [0.2, 0.25) is 0 Å². The van der Waals surface area contributed by atoms with Gasteiger partial charge in [0, 0.05) is 11.6 Å². The summed E-state index contributed by atoms with van der Waals surface area (Å²) in [7, 11) is 0. The Morgan fingerprint density at radius 2 is 1.81 bits per heavy atom. The van der Waals surface area contributed by atoms with E-state index in [1.807, 2.05) is 30.3 Å². The molecule has 4 nitrogen and oxygen atoms in total. The monoisotopic (exact) mass is 472 g/mol. The van der Waals surface area contributed by atoms with Crippen LogP contribution in [-0.4, -0.2) is 9.97 Å². The molecule has 2 heterocycles. The highest BCUT2D eigenvalue weighted by Crippen LogP contribution is 2.32. The van der Waals surface area contributed by atoms with Crippen LogP contribution in [-0.2, 0) is 0 Å². The summed E-state index contributed by atoms with van der Waals surface area (Å²) < 4.78 is 7.20. The van der Waals surface area contributed by atoms with Gasteiger partial charge in [0.05, 0.1) is 10.2 Å². The third-order valence-electron chi connectivity index (χ3n) is 2.79. The zero-order valence-corrected chi connectivity index (χ0v) is 15.1. The number of rotatable bonds is 2. The maximum Gasteiger partial charge on any atom is 0.266 e. The Hall–Kier alpha value is -1.18. The normalized spacial score (nSPS) is 10.8. The lowest BCUT2D eigenvalue weighted by atomic mass is 10.1. The molecule has 106 valence electrons. The van der Waals surface area contributed by atoms with E-state index < -0.39 is 0 Å². The quantitative estimate of drug-likeness (QED) is 0.569. The third kappa shape index (κ3) is 2.90. The summed E-state index contributed by atoms with van der Waals surface area (Å²) in [6, 6.07) is 11.2. The first-order valence-corrected chi connectivity index (χ1v) is 8.24. The van der Waals surface area contributed by atoms with Crippen molar-refractivity contribution in [3.8, 4) is 22.8 Å². The molecule has 0 spiro atoms. The molecule has 0 atom stereocenters. The average molecular weight is 475 g/mol. The van der Waals surface area contributed by atoms with E-state index in [9.17, 15) is 4.79 Å². The van der Waals surface area contributed by atoms with Crippen LogP contribution >= 0.6 is 47.8 Å². The summed E-state index contributed by atoms with van der Waals surface area (Å²) >= 11 is 9.90. The highest BCUT2D eigenvalue weighted by molar-refractivity contribution is 9.13. The number of furan rings is 1. The zero-order valence-electron chi connectivity index (χ0n) is 10.4. The molecule has 1 N–H and O–H groups in total. The molecule has 0 fully saturated rings. The second kappa shape index (κ2) is 5.90. The molecule has 0 saturated heterocycles. The molecule has 7 heteroatoms. The predicted octanol–water partition coefficient (Wildman–Crippen LogP) is 4.98. The van der Waals surface area contributed by atoms with Crippen LogP contribution in [0, 0.1) is 0 Å². The van der Waals surface area contributed by atoms with Crippen LogP contribution in [0.5, 0.6) is 0 Å². The molecule has 0 bridgehead atoms. The van der Waals surface area contributed by atoms with E-state index >= 15 is 0 Å². The second-order valence-corrected chi connectivity index (χ2v) is 6.54. The van der Waals surface area contributed by atoms with Crippen LogP contribution in [0.1, 0.15) is 0 Å². The minimum absolute atomic E-state index is 0.262. The van der Waals surface area contributed by atoms with Gasteiger partial charge in [0.25, 0.3) is 5.56 Å². The van der Waals surface area contributed by atoms with Gasteiger partial charge in [-0.3, -0.25) is 4.79 Å². The SMILES string of the molecule is O=c1[nH]c(-c2cc(Br)c(Br)o2)nc(-c2ccccc2)c1Br. The highest BCUT2D eigenvalue weighted by Gasteiger charge is 2.15. The van der Waals surface area contributed by atoms with Crippen molar-refractivity contribution in [2.75, 3.05) is 0 Å². The largest absolute Gasteiger partial charge is 0.445 e. The summed E-state index contributed by atoms with van der Waals surface area (Å²) in [5.74, 6) is 0.837. The standard InChI is InChI=1S/C14H7Br3N2O2/c15-8-6-9(21-12(8)17)13-18-11(10(16)14(20)19-13)7-4-2-1-3-5-7/h1-6H,(H,18,19,20). The summed E-state index contributed by atoms with van der Waals surface area (Å²) in [5, 5.41) is 0. The fourth-order valence-electron chi connectivity index (χ4n) is 1.83. The van der Waals surface area contributed by atoms with E-state index in [4.69, 9.17) is 4.42 Å². The Morgan fingerprint density at radius 3 is 2.43 bits per heavy atom. The third-order valence-corrected chi connectivity index (χ3v) is 5.23. The zero-order chi connectivity index (χ0) is 15.0. The molecule has 0 aliphatic carbocycles. The molecule has 1 aromatic carbocycles. The molecule has 21 heavy (non-hydrogen) atoms. The fraction of sp³-hybridized carbons (Fsp3) is 0. The lowest BCUT2D eigenvalue weighted by Crippen LogP contribution is -2.11. The number of aromatic amines is 1. The minimum Gasteiger partial charge on any atom is -0.445 e. The molecule has 2 aromatic heterocycles. The van der Waals surface area contributed by atoms with Crippen LogP contribution in [0.4, 0.5) is 0 Å². The number of aromatic nitrogens is 2. The lowest BCUT2D eigenvalue weighted by molar-refractivity contribution is 0.549. The van der Waals surface area contributed by atoms with Crippen LogP contribution < -0.4 is 5.56 Å². The number of hydrogen-bond donors (Lipinski definition) is 1. The Bertz CT molecular complexity index is 837. The summed E-state index contributed by atoms with van der Waals surface area (Å²) in [6.45, 7) is 0. The molecular weight excluding hydrogens is 468 g/mol. The molecular formula is C14H7Br3N2O2. The molecule has 0 amide bonds. The first-order valence-electron chi connectivity index (χ1n) is 5.86. The van der Waals surface area contributed by atoms with Crippen molar-refractivity contribution in [2.24, 2.45) is 0 Å². The molecule has 0 unspecified atom stereocenters. The van der Waals surface area contributed by atoms with Crippen molar-refractivity contribution in [1.29, 1.82) is 0 Å². The van der Waals surface area contributed by atoms with Crippen LogP contribution in [0.3, 0.4) is 0 Å². The smallest absolute Gasteiger partial charge is 0.266 e. The van der Waals surface area contributed by atoms with Crippen molar-refractivity contribution in [2.45, 2.75) is 0 Å². The summed E-state index contributed by atoms with van der Waals surface area (Å²) in [5.41, 5.74) is 1.15. The number of benzene rings is 1. The molecule has 0 aliphatic rings. The Morgan fingerprint density at radius 1 is 1.10 bits per heavy atom. The van der Waals surface area contributed by atoms with Gasteiger partial charge in [-0.25, -0.2) is 4.98 Å². The van der Waals surface area contributed by atoms with E-state index in [-0.39, 0.29) is 5.56 Å². The summed E-state index contributed by atoms with van der Waals surface area (Å²) in [4.78, 5) is 19.3. The van der Waals surface area contributed by atoms with E-state index in [1.165, 1.54) is 0 Å². The topological polar surface area (TPSA) is 58.9 Å². The van der Waals surface area contributed by atoms with Crippen LogP contribution in [0.15, 0.2) is 59.2 Å². The van der Waals surface area contributed by atoms with Crippen molar-refractivity contribution < 1.29 is 4.42 Å². The van der Waals surface area contributed by atoms with Crippen molar-refractivity contribution >= 4 is 47.8 Å². The Balaban J connectivity index is 2.21. The number of nitrogens with one attached hydrogen (secondary N) is 1. The second-order valence-electron chi connectivity index (χ2n) is 4.18. The number of halogens is 3. The maximum absolute atomic E-state index is 12.1. The van der Waals surface area contributed by atoms with Crippen molar-refractivity contribution in [3.63, 3.8) is 0 Å². The Kier molecular flexibility index (Phi) is 4.14. The molecule has 3 rings (SSSR count). The van der Waals surface area contributed by atoms with Gasteiger partial charge >= 0.3 is 0 Å². The predicted molar refractivity (Wildman–Crippen MR) is 91.1 cm³/mol. The van der Waals surface area contributed by atoms with Gasteiger partial charge in [-0.05, 0) is 47.8 Å². The Labute approximate surface area is 145 Å². The van der Waals surface area contributed by atoms with Gasteiger partial charge in [-0.1, -0.05) is 30.3 Å². The first kappa shape index (κ1) is 14.7. The molecule has 0 radical (unpaired) electrons. The average Bonchev–Trinajstić information content (AvgIpc) is 2.82. The lowest BCUT2D eigenvalue weighted by Gasteiger charge is -2.05. The number of nitrogens with zero attached hydrogens (tertiary/aromatic N) is 1. The number of H-pyrrole nitrogens is 1. The first-order chi connectivity index (χ1) is 10.1. The van der Waals surface area contributed by atoms with Gasteiger partial charge in [0.2, 0.25) is 0 Å². The molecule has 0 saturated carbocycles. The number of hydrogen-bond acceptors (Lipinski definition) is 3. The highest BCUT2D eigenvalue weighted by atomic mass is 79.9. The van der Waals surface area contributed by atoms with Crippen molar-refractivity contribution in [3.05, 3.63) is 60.4 Å². The van der Waals surface area contributed by atoms with E-state index in [0.717, 1.165) is 10.0 Å². The van der Waals surface area contributed by atoms with Gasteiger partial charge in [-0.15, -0.1) is 0 Å². The van der Waals surface area contributed by atoms with Crippen molar-refractivity contribution in [1.82, 2.24) is 9.97 Å². The van der Waals surface area contributed by atoms with Crippen LogP contribution in [0.25, 0.3) is 22.8 Å².